The molecule has 0 saturated heterocycles. The van der Waals surface area contributed by atoms with Crippen molar-refractivity contribution in [1.29, 1.82) is 0 Å². The lowest BCUT2D eigenvalue weighted by Gasteiger charge is -2.07. The Morgan fingerprint density at radius 1 is 1.20 bits per heavy atom. The van der Waals surface area contributed by atoms with Crippen molar-refractivity contribution in [3.8, 4) is 0 Å². The Morgan fingerprint density at radius 2 is 2.00 bits per heavy atom. The lowest BCUT2D eigenvalue weighted by atomic mass is 10.1. The van der Waals surface area contributed by atoms with Gasteiger partial charge in [0.15, 0.2) is 0 Å². The van der Waals surface area contributed by atoms with Crippen molar-refractivity contribution in [2.75, 3.05) is 18.1 Å². The molecule has 108 valence electrons. The molecule has 1 N–H and O–H groups in total. The van der Waals surface area contributed by atoms with Crippen LogP contribution in [0.1, 0.15) is 18.9 Å². The van der Waals surface area contributed by atoms with E-state index < -0.39 is 9.84 Å². The third kappa shape index (κ3) is 4.02. The highest BCUT2D eigenvalue weighted by Gasteiger charge is 2.06. The summed E-state index contributed by atoms with van der Waals surface area (Å²) in [5.41, 5.74) is 2.14. The molecule has 0 atom stereocenters. The van der Waals surface area contributed by atoms with Crippen molar-refractivity contribution < 1.29 is 8.42 Å². The van der Waals surface area contributed by atoms with Crippen LogP contribution in [-0.2, 0) is 16.4 Å². The van der Waals surface area contributed by atoms with Crippen LogP contribution in [-0.4, -0.2) is 31.5 Å². The van der Waals surface area contributed by atoms with Crippen molar-refractivity contribution in [3.05, 3.63) is 42.1 Å². The average molecular weight is 292 g/mol. The lowest BCUT2D eigenvalue weighted by molar-refractivity contribution is 0.590. The molecule has 0 saturated carbocycles. The Hall–Kier alpha value is -1.46. The van der Waals surface area contributed by atoms with Crippen LogP contribution in [0.15, 0.2) is 36.5 Å². The zero-order valence-electron chi connectivity index (χ0n) is 11.7. The van der Waals surface area contributed by atoms with E-state index >= 15 is 0 Å². The van der Waals surface area contributed by atoms with Crippen LogP contribution in [0.2, 0.25) is 0 Å². The van der Waals surface area contributed by atoms with Crippen molar-refractivity contribution in [3.63, 3.8) is 0 Å². The number of nitrogens with zero attached hydrogens (tertiary/aromatic N) is 1. The normalized spacial score (nSPS) is 11.8. The fourth-order valence-electron chi connectivity index (χ4n) is 2.09. The second kappa shape index (κ2) is 6.81. The molecule has 1 aromatic heterocycles. The second-order valence-electron chi connectivity index (χ2n) is 4.76. The molecule has 5 heteroatoms. The zero-order chi connectivity index (χ0) is 14.4. The number of hydrogen-bond acceptors (Lipinski definition) is 4. The molecule has 0 amide bonds. The number of benzene rings is 1. The van der Waals surface area contributed by atoms with E-state index in [-0.39, 0.29) is 11.5 Å². The molecule has 20 heavy (non-hydrogen) atoms. The molecule has 0 unspecified atom stereocenters. The second-order valence-corrected chi connectivity index (χ2v) is 7.23. The molecule has 0 spiro atoms. The summed E-state index contributed by atoms with van der Waals surface area (Å²) in [4.78, 5) is 4.40. The maximum Gasteiger partial charge on any atom is 0.150 e. The number of para-hydroxylation sites is 1. The summed E-state index contributed by atoms with van der Waals surface area (Å²) < 4.78 is 22.7. The van der Waals surface area contributed by atoms with E-state index in [2.05, 4.69) is 10.3 Å². The first kappa shape index (κ1) is 14.9. The Labute approximate surface area is 120 Å². The molecular weight excluding hydrogens is 272 g/mol. The van der Waals surface area contributed by atoms with Crippen LogP contribution in [0.25, 0.3) is 10.9 Å². The highest BCUT2D eigenvalue weighted by Crippen LogP contribution is 2.15. The van der Waals surface area contributed by atoms with E-state index in [0.717, 1.165) is 16.5 Å². The predicted molar refractivity (Wildman–Crippen MR) is 82.4 cm³/mol. The molecule has 0 aliphatic rings. The highest BCUT2D eigenvalue weighted by atomic mass is 32.2. The Morgan fingerprint density at radius 3 is 2.80 bits per heavy atom. The van der Waals surface area contributed by atoms with Crippen LogP contribution >= 0.6 is 0 Å². The van der Waals surface area contributed by atoms with E-state index in [1.165, 1.54) is 0 Å². The van der Waals surface area contributed by atoms with Crippen LogP contribution in [0, 0.1) is 0 Å². The van der Waals surface area contributed by atoms with Crippen LogP contribution < -0.4 is 5.32 Å². The maximum atomic E-state index is 11.4. The SMILES string of the molecule is CCS(=O)(=O)CCCNCc1cccc2cccnc12. The number of sulfone groups is 1. The van der Waals surface area contributed by atoms with Gasteiger partial charge in [0.1, 0.15) is 9.84 Å². The number of aromatic nitrogens is 1. The summed E-state index contributed by atoms with van der Waals surface area (Å²) in [6.45, 7) is 3.09. The monoisotopic (exact) mass is 292 g/mol. The van der Waals surface area contributed by atoms with Gasteiger partial charge in [-0.2, -0.15) is 0 Å². The summed E-state index contributed by atoms with van der Waals surface area (Å²) >= 11 is 0. The van der Waals surface area contributed by atoms with E-state index in [4.69, 9.17) is 0 Å². The third-order valence-electron chi connectivity index (χ3n) is 3.28. The molecule has 4 nitrogen and oxygen atoms in total. The first-order chi connectivity index (χ1) is 9.62. The fourth-order valence-corrected chi connectivity index (χ4v) is 2.97. The molecule has 0 radical (unpaired) electrons. The van der Waals surface area contributed by atoms with Crippen LogP contribution in [0.3, 0.4) is 0 Å². The van der Waals surface area contributed by atoms with Gasteiger partial charge in [0.25, 0.3) is 0 Å². The van der Waals surface area contributed by atoms with Gasteiger partial charge in [0.05, 0.1) is 11.3 Å². The van der Waals surface area contributed by atoms with Crippen molar-refractivity contribution in [1.82, 2.24) is 10.3 Å². The summed E-state index contributed by atoms with van der Waals surface area (Å²) in [5, 5.41) is 4.41. The van der Waals surface area contributed by atoms with E-state index in [1.54, 1.807) is 13.1 Å². The molecule has 0 bridgehead atoms. The van der Waals surface area contributed by atoms with Gasteiger partial charge in [-0.1, -0.05) is 31.2 Å². The summed E-state index contributed by atoms with van der Waals surface area (Å²) in [6, 6.07) is 10.1. The van der Waals surface area contributed by atoms with Gasteiger partial charge in [-0.3, -0.25) is 4.98 Å². The molecule has 1 heterocycles. The zero-order valence-corrected chi connectivity index (χ0v) is 12.5. The maximum absolute atomic E-state index is 11.4. The van der Waals surface area contributed by atoms with E-state index in [9.17, 15) is 8.42 Å². The van der Waals surface area contributed by atoms with Gasteiger partial charge in [0.2, 0.25) is 0 Å². The number of hydrogen-bond donors (Lipinski definition) is 1. The third-order valence-corrected chi connectivity index (χ3v) is 5.07. The minimum atomic E-state index is -2.85. The molecule has 2 rings (SSSR count). The summed E-state index contributed by atoms with van der Waals surface area (Å²) in [5.74, 6) is 0.477. The number of fused-ring (bicyclic) bond motifs is 1. The molecule has 1 aromatic carbocycles. The van der Waals surface area contributed by atoms with E-state index in [0.29, 0.717) is 19.5 Å². The topological polar surface area (TPSA) is 59.1 Å². The van der Waals surface area contributed by atoms with Crippen molar-refractivity contribution >= 4 is 20.7 Å². The minimum Gasteiger partial charge on any atom is -0.313 e. The van der Waals surface area contributed by atoms with Gasteiger partial charge in [0, 0.05) is 23.9 Å². The van der Waals surface area contributed by atoms with Gasteiger partial charge in [-0.25, -0.2) is 8.42 Å². The molecule has 0 fully saturated rings. The molecule has 2 aromatic rings. The van der Waals surface area contributed by atoms with Crippen molar-refractivity contribution in [2.45, 2.75) is 19.9 Å². The first-order valence-corrected chi connectivity index (χ1v) is 8.68. The van der Waals surface area contributed by atoms with Crippen LogP contribution in [0.5, 0.6) is 0 Å². The van der Waals surface area contributed by atoms with Gasteiger partial charge in [-0.15, -0.1) is 0 Å². The Kier molecular flexibility index (Phi) is 5.09. The average Bonchev–Trinajstić information content (AvgIpc) is 2.47. The molecule has 0 aliphatic carbocycles. The Balaban J connectivity index is 1.88. The van der Waals surface area contributed by atoms with Crippen molar-refractivity contribution in [2.24, 2.45) is 0 Å². The number of rotatable bonds is 7. The highest BCUT2D eigenvalue weighted by molar-refractivity contribution is 7.91. The number of pyridine rings is 1. The molecule has 0 aliphatic heterocycles. The van der Waals surface area contributed by atoms with Gasteiger partial charge < -0.3 is 5.32 Å². The lowest BCUT2D eigenvalue weighted by Crippen LogP contribution is -2.19. The largest absolute Gasteiger partial charge is 0.313 e. The summed E-state index contributed by atoms with van der Waals surface area (Å²) in [7, 11) is -2.85. The van der Waals surface area contributed by atoms with Crippen LogP contribution in [0.4, 0.5) is 0 Å². The quantitative estimate of drug-likeness (QED) is 0.794. The smallest absolute Gasteiger partial charge is 0.150 e. The molecular formula is C15H20N2O2S. The summed E-state index contributed by atoms with van der Waals surface area (Å²) in [6.07, 6.45) is 2.44. The first-order valence-electron chi connectivity index (χ1n) is 6.86. The van der Waals surface area contributed by atoms with Gasteiger partial charge >= 0.3 is 0 Å². The number of nitrogens with one attached hydrogen (secondary N) is 1. The standard InChI is InChI=1S/C15H20N2O2S/c1-2-20(18,19)11-5-9-16-12-14-7-3-6-13-8-4-10-17-15(13)14/h3-4,6-8,10,16H,2,5,9,11-12H2,1H3. The Bertz CT molecular complexity index is 663. The minimum absolute atomic E-state index is 0.222. The van der Waals surface area contributed by atoms with E-state index in [1.807, 2.05) is 30.3 Å². The van der Waals surface area contributed by atoms with Gasteiger partial charge in [-0.05, 0) is 24.6 Å². The fraction of sp³-hybridized carbons (Fsp3) is 0.400. The predicted octanol–water partition coefficient (Wildman–Crippen LogP) is 2.15.